The Hall–Kier alpha value is -0.680. The summed E-state index contributed by atoms with van der Waals surface area (Å²) in [5.74, 6) is 4.24. The minimum atomic E-state index is -1.44. The molecule has 1 unspecified atom stereocenters. The van der Waals surface area contributed by atoms with Crippen molar-refractivity contribution in [2.24, 2.45) is 11.6 Å². The first kappa shape index (κ1) is 10.3. The van der Waals surface area contributed by atoms with Crippen molar-refractivity contribution in [1.29, 1.82) is 0 Å². The lowest BCUT2D eigenvalue weighted by Crippen LogP contribution is -2.46. The summed E-state index contributed by atoms with van der Waals surface area (Å²) in [6.45, 7) is 2.72. The average Bonchev–Trinajstić information content (AvgIpc) is 1.82. The molecular weight excluding hydrogens is 149 g/mol. The van der Waals surface area contributed by atoms with E-state index in [2.05, 4.69) is 0 Å². The number of hydrogen-bond acceptors (Lipinski definition) is 3. The number of nitrogens with two attached hydrogens (primary N) is 2. The molecule has 4 nitrogen and oxygen atoms in total. The Morgan fingerprint density at radius 3 is 2.45 bits per heavy atom. The molecular formula is C6H14FN3O. The van der Waals surface area contributed by atoms with Crippen LogP contribution in [0.15, 0.2) is 0 Å². The lowest BCUT2D eigenvalue weighted by Gasteiger charge is -2.17. The molecule has 66 valence electrons. The van der Waals surface area contributed by atoms with E-state index in [0.29, 0.717) is 0 Å². The molecule has 5 N–H and O–H groups in total. The number of nitrogens with one attached hydrogen (secondary N) is 1. The molecule has 0 aromatic rings. The van der Waals surface area contributed by atoms with Crippen LogP contribution in [0.4, 0.5) is 4.39 Å². The monoisotopic (exact) mass is 163 g/mol. The Balaban J connectivity index is 3.87. The molecule has 0 bridgehead atoms. The van der Waals surface area contributed by atoms with Crippen LogP contribution in [0.3, 0.4) is 0 Å². The molecule has 0 fully saturated rings. The van der Waals surface area contributed by atoms with E-state index in [4.69, 9.17) is 11.6 Å². The Morgan fingerprint density at radius 1 is 1.73 bits per heavy atom. The van der Waals surface area contributed by atoms with Crippen LogP contribution in [-0.2, 0) is 4.79 Å². The maximum atomic E-state index is 12.8. The van der Waals surface area contributed by atoms with Gasteiger partial charge in [-0.3, -0.25) is 10.2 Å². The highest BCUT2D eigenvalue weighted by molar-refractivity contribution is 5.80. The number of hydrazine groups is 1. The number of alkyl halides is 1. The van der Waals surface area contributed by atoms with Crippen molar-refractivity contribution in [2.45, 2.75) is 32.0 Å². The second kappa shape index (κ2) is 3.64. The number of carbonyl (C=O) groups excluding carboxylic acids is 1. The molecule has 0 saturated heterocycles. The number of carbonyl (C=O) groups is 1. The molecule has 11 heavy (non-hydrogen) atoms. The molecule has 0 rings (SSSR count). The third kappa shape index (κ3) is 4.69. The van der Waals surface area contributed by atoms with Crippen LogP contribution >= 0.6 is 0 Å². The topological polar surface area (TPSA) is 81.1 Å². The summed E-state index contributed by atoms with van der Waals surface area (Å²) in [6.07, 6.45) is -0.0317. The summed E-state index contributed by atoms with van der Waals surface area (Å²) in [6, 6.07) is -0.875. The van der Waals surface area contributed by atoms with Crippen LogP contribution in [0.25, 0.3) is 0 Å². The summed E-state index contributed by atoms with van der Waals surface area (Å²) in [5.41, 5.74) is 5.70. The van der Waals surface area contributed by atoms with Gasteiger partial charge in [0.2, 0.25) is 0 Å². The Labute approximate surface area is 65.1 Å². The molecule has 5 heteroatoms. The van der Waals surface area contributed by atoms with Crippen molar-refractivity contribution in [1.82, 2.24) is 5.43 Å². The van der Waals surface area contributed by atoms with Crippen molar-refractivity contribution in [3.8, 4) is 0 Å². The second-order valence-corrected chi connectivity index (χ2v) is 3.04. The summed E-state index contributed by atoms with van der Waals surface area (Å²) in [7, 11) is 0. The fourth-order valence-electron chi connectivity index (χ4n) is 0.723. The van der Waals surface area contributed by atoms with E-state index in [0.717, 1.165) is 0 Å². The molecule has 0 aromatic carbocycles. The number of halogens is 1. The normalized spacial score (nSPS) is 14.3. The van der Waals surface area contributed by atoms with Crippen molar-refractivity contribution < 1.29 is 9.18 Å². The molecule has 0 aliphatic carbocycles. The zero-order valence-electron chi connectivity index (χ0n) is 6.73. The van der Waals surface area contributed by atoms with Gasteiger partial charge in [-0.05, 0) is 13.8 Å². The van der Waals surface area contributed by atoms with Gasteiger partial charge in [-0.15, -0.1) is 0 Å². The van der Waals surface area contributed by atoms with Gasteiger partial charge in [0, 0.05) is 6.42 Å². The zero-order chi connectivity index (χ0) is 9.07. The standard InChI is InChI=1S/C6H14FN3O/c1-6(2,7)3-4(8)5(11)10-9/h4H,3,8-9H2,1-2H3,(H,10,11). The maximum Gasteiger partial charge on any atom is 0.250 e. The van der Waals surface area contributed by atoms with Crippen molar-refractivity contribution in [2.75, 3.05) is 0 Å². The van der Waals surface area contributed by atoms with Crippen molar-refractivity contribution in [3.63, 3.8) is 0 Å². The first-order valence-electron chi connectivity index (χ1n) is 3.32. The molecule has 0 aliphatic rings. The first-order chi connectivity index (χ1) is 4.87. The molecule has 0 aliphatic heterocycles. The number of amides is 1. The third-order valence-corrected chi connectivity index (χ3v) is 1.18. The second-order valence-electron chi connectivity index (χ2n) is 3.04. The van der Waals surface area contributed by atoms with Crippen LogP contribution in [0.1, 0.15) is 20.3 Å². The van der Waals surface area contributed by atoms with E-state index >= 15 is 0 Å². The highest BCUT2D eigenvalue weighted by atomic mass is 19.1. The van der Waals surface area contributed by atoms with E-state index in [1.165, 1.54) is 13.8 Å². The van der Waals surface area contributed by atoms with Crippen molar-refractivity contribution >= 4 is 5.91 Å². The van der Waals surface area contributed by atoms with Gasteiger partial charge in [-0.1, -0.05) is 0 Å². The van der Waals surface area contributed by atoms with Gasteiger partial charge in [0.05, 0.1) is 6.04 Å². The molecule has 0 spiro atoms. The Kier molecular flexibility index (Phi) is 3.41. The predicted molar refractivity (Wildman–Crippen MR) is 40.1 cm³/mol. The summed E-state index contributed by atoms with van der Waals surface area (Å²) in [5, 5.41) is 0. The summed E-state index contributed by atoms with van der Waals surface area (Å²) >= 11 is 0. The summed E-state index contributed by atoms with van der Waals surface area (Å²) in [4.78, 5) is 10.7. The molecule has 0 saturated carbocycles. The third-order valence-electron chi connectivity index (χ3n) is 1.18. The number of rotatable bonds is 3. The average molecular weight is 163 g/mol. The van der Waals surface area contributed by atoms with Crippen LogP contribution in [0, 0.1) is 0 Å². The first-order valence-corrected chi connectivity index (χ1v) is 3.32. The molecule has 0 radical (unpaired) electrons. The zero-order valence-corrected chi connectivity index (χ0v) is 6.73. The predicted octanol–water partition coefficient (Wildman–Crippen LogP) is -0.558. The smallest absolute Gasteiger partial charge is 0.250 e. The van der Waals surface area contributed by atoms with Gasteiger partial charge in [-0.25, -0.2) is 10.2 Å². The highest BCUT2D eigenvalue weighted by Gasteiger charge is 2.23. The molecule has 1 amide bonds. The van der Waals surface area contributed by atoms with E-state index in [1.54, 1.807) is 0 Å². The van der Waals surface area contributed by atoms with E-state index < -0.39 is 17.6 Å². The Bertz CT molecular complexity index is 143. The van der Waals surface area contributed by atoms with Crippen LogP contribution in [0.5, 0.6) is 0 Å². The Morgan fingerprint density at radius 2 is 2.18 bits per heavy atom. The quantitative estimate of drug-likeness (QED) is 0.296. The van der Waals surface area contributed by atoms with E-state index in [1.807, 2.05) is 5.43 Å². The fraction of sp³-hybridized carbons (Fsp3) is 0.833. The molecule has 0 heterocycles. The van der Waals surface area contributed by atoms with Gasteiger partial charge in [-0.2, -0.15) is 0 Å². The SMILES string of the molecule is CC(C)(F)CC(N)C(=O)NN. The minimum absolute atomic E-state index is 0.0317. The van der Waals surface area contributed by atoms with Gasteiger partial charge < -0.3 is 5.73 Å². The van der Waals surface area contributed by atoms with Crippen LogP contribution < -0.4 is 17.0 Å². The van der Waals surface area contributed by atoms with Crippen LogP contribution in [-0.4, -0.2) is 17.6 Å². The summed E-state index contributed by atoms with van der Waals surface area (Å²) < 4.78 is 12.8. The lowest BCUT2D eigenvalue weighted by atomic mass is 10.0. The van der Waals surface area contributed by atoms with Gasteiger partial charge in [0.25, 0.3) is 5.91 Å². The van der Waals surface area contributed by atoms with Crippen LogP contribution in [0.2, 0.25) is 0 Å². The maximum absolute atomic E-state index is 12.8. The lowest BCUT2D eigenvalue weighted by molar-refractivity contribution is -0.123. The van der Waals surface area contributed by atoms with Gasteiger partial charge in [0.1, 0.15) is 5.67 Å². The van der Waals surface area contributed by atoms with Gasteiger partial charge >= 0.3 is 0 Å². The largest absolute Gasteiger partial charge is 0.320 e. The highest BCUT2D eigenvalue weighted by Crippen LogP contribution is 2.14. The number of hydrogen-bond donors (Lipinski definition) is 3. The molecule has 1 atom stereocenters. The van der Waals surface area contributed by atoms with E-state index in [9.17, 15) is 9.18 Å². The van der Waals surface area contributed by atoms with Gasteiger partial charge in [0.15, 0.2) is 0 Å². The minimum Gasteiger partial charge on any atom is -0.320 e. The van der Waals surface area contributed by atoms with E-state index in [-0.39, 0.29) is 6.42 Å². The van der Waals surface area contributed by atoms with Crippen molar-refractivity contribution in [3.05, 3.63) is 0 Å². The molecule has 0 aromatic heterocycles. The fourth-order valence-corrected chi connectivity index (χ4v) is 0.723.